The van der Waals surface area contributed by atoms with Crippen LogP contribution in [0.5, 0.6) is 0 Å². The minimum absolute atomic E-state index is 0.0990. The Morgan fingerprint density at radius 3 is 2.72 bits per heavy atom. The van der Waals surface area contributed by atoms with E-state index in [-0.39, 0.29) is 12.1 Å². The summed E-state index contributed by atoms with van der Waals surface area (Å²) in [7, 11) is 0. The largest absolute Gasteiger partial charge is 0.444 e. The van der Waals surface area contributed by atoms with Crippen LogP contribution in [0.25, 0.3) is 5.52 Å². The number of carbonyl (C=O) groups excluding carboxylic acids is 1. The Morgan fingerprint density at radius 2 is 2.04 bits per heavy atom. The molecule has 1 aliphatic rings. The molecule has 25 heavy (non-hydrogen) atoms. The van der Waals surface area contributed by atoms with Crippen LogP contribution in [0.2, 0.25) is 10.3 Å². The van der Waals surface area contributed by atoms with Crippen molar-refractivity contribution in [3.05, 3.63) is 28.5 Å². The number of hydrogen-bond acceptors (Lipinski definition) is 5. The summed E-state index contributed by atoms with van der Waals surface area (Å²) in [5, 5.41) is 0.675. The van der Waals surface area contributed by atoms with Crippen LogP contribution in [0.3, 0.4) is 0 Å². The summed E-state index contributed by atoms with van der Waals surface area (Å²) in [6, 6.07) is -0.0990. The average molecular weight is 387 g/mol. The van der Waals surface area contributed by atoms with Crippen molar-refractivity contribution in [3.8, 4) is 0 Å². The van der Waals surface area contributed by atoms with E-state index in [4.69, 9.17) is 32.7 Å². The summed E-state index contributed by atoms with van der Waals surface area (Å²) < 4.78 is 13.1. The lowest BCUT2D eigenvalue weighted by molar-refractivity contribution is -0.0698. The Kier molecular flexibility index (Phi) is 4.83. The Bertz CT molecular complexity index is 803. The second kappa shape index (κ2) is 6.63. The molecular weight excluding hydrogens is 367 g/mol. The number of carbonyl (C=O) groups is 1. The van der Waals surface area contributed by atoms with Gasteiger partial charge in [-0.25, -0.2) is 14.8 Å². The molecule has 3 heterocycles. The highest BCUT2D eigenvalue weighted by Gasteiger charge is 2.35. The molecule has 0 N–H and O–H groups in total. The van der Waals surface area contributed by atoms with Crippen molar-refractivity contribution in [2.24, 2.45) is 0 Å². The summed E-state index contributed by atoms with van der Waals surface area (Å²) in [5.74, 6) is 0.574. The van der Waals surface area contributed by atoms with Crippen molar-refractivity contribution in [3.63, 3.8) is 0 Å². The zero-order valence-corrected chi connectivity index (χ0v) is 16.0. The summed E-state index contributed by atoms with van der Waals surface area (Å²) in [6.07, 6.45) is 2.23. The van der Waals surface area contributed by atoms with Crippen LogP contribution in [-0.4, -0.2) is 50.2 Å². The molecule has 0 unspecified atom stereocenters. The van der Waals surface area contributed by atoms with Crippen molar-refractivity contribution < 1.29 is 14.3 Å². The Morgan fingerprint density at radius 1 is 1.32 bits per heavy atom. The quantitative estimate of drug-likeness (QED) is 0.746. The molecule has 2 aromatic heterocycles. The summed E-state index contributed by atoms with van der Waals surface area (Å²) in [6.45, 7) is 8.11. The van der Waals surface area contributed by atoms with Gasteiger partial charge in [-0.3, -0.25) is 4.40 Å². The molecule has 2 atom stereocenters. The van der Waals surface area contributed by atoms with Crippen molar-refractivity contribution in [1.82, 2.24) is 19.3 Å². The second-order valence-electron chi connectivity index (χ2n) is 7.01. The zero-order valence-electron chi connectivity index (χ0n) is 14.5. The molecule has 2 aromatic rings. The van der Waals surface area contributed by atoms with E-state index in [0.29, 0.717) is 34.8 Å². The first-order chi connectivity index (χ1) is 11.7. The summed E-state index contributed by atoms with van der Waals surface area (Å²) in [4.78, 5) is 22.5. The number of ether oxygens (including phenoxy) is 2. The van der Waals surface area contributed by atoms with E-state index in [9.17, 15) is 4.79 Å². The monoisotopic (exact) mass is 386 g/mol. The number of nitrogens with zero attached hydrogens (tertiary/aromatic N) is 4. The zero-order chi connectivity index (χ0) is 18.4. The Labute approximate surface area is 155 Å². The van der Waals surface area contributed by atoms with Gasteiger partial charge in [0.05, 0.1) is 31.6 Å². The molecule has 0 bridgehead atoms. The van der Waals surface area contributed by atoms with Crippen LogP contribution in [0, 0.1) is 0 Å². The molecule has 1 amide bonds. The standard InChI is InChI=1S/C16H20Cl2N4O3/c1-9-8-24-11(7-21(9)15(23)25-16(2,3)4)14-20-5-10-13(18)19-6-12(17)22(10)14/h5-6,9,11H,7-8H2,1-4H3/t9-,11+/m0/s1. The highest BCUT2D eigenvalue weighted by atomic mass is 35.5. The third kappa shape index (κ3) is 3.68. The van der Waals surface area contributed by atoms with Crippen LogP contribution in [-0.2, 0) is 9.47 Å². The molecule has 0 radical (unpaired) electrons. The van der Waals surface area contributed by atoms with Gasteiger partial charge in [-0.05, 0) is 27.7 Å². The van der Waals surface area contributed by atoms with Gasteiger partial charge >= 0.3 is 6.09 Å². The lowest BCUT2D eigenvalue weighted by Gasteiger charge is -2.38. The number of hydrogen-bond donors (Lipinski definition) is 0. The summed E-state index contributed by atoms with van der Waals surface area (Å²) >= 11 is 12.4. The SMILES string of the molecule is C[C@H]1CO[C@@H](c2ncc3c(Cl)ncc(Cl)n23)CN1C(=O)OC(C)(C)C. The molecule has 0 spiro atoms. The van der Waals surface area contributed by atoms with Crippen LogP contribution >= 0.6 is 23.2 Å². The van der Waals surface area contributed by atoms with Gasteiger partial charge in [0, 0.05) is 0 Å². The second-order valence-corrected chi connectivity index (χ2v) is 7.76. The van der Waals surface area contributed by atoms with Gasteiger partial charge in [-0.15, -0.1) is 0 Å². The van der Waals surface area contributed by atoms with Crippen molar-refractivity contribution >= 4 is 34.8 Å². The number of amides is 1. The first kappa shape index (κ1) is 18.2. The molecule has 7 nitrogen and oxygen atoms in total. The fourth-order valence-corrected chi connectivity index (χ4v) is 3.09. The van der Waals surface area contributed by atoms with E-state index in [1.165, 1.54) is 6.20 Å². The van der Waals surface area contributed by atoms with Gasteiger partial charge in [0.1, 0.15) is 28.2 Å². The third-order valence-electron chi connectivity index (χ3n) is 3.85. The van der Waals surface area contributed by atoms with Crippen molar-refractivity contribution in [2.45, 2.75) is 45.4 Å². The maximum Gasteiger partial charge on any atom is 0.410 e. The number of fused-ring (bicyclic) bond motifs is 1. The Hall–Kier alpha value is -1.57. The van der Waals surface area contributed by atoms with E-state index >= 15 is 0 Å². The first-order valence-electron chi connectivity index (χ1n) is 7.96. The van der Waals surface area contributed by atoms with Crippen LogP contribution in [0.15, 0.2) is 12.4 Å². The maximum absolute atomic E-state index is 12.5. The van der Waals surface area contributed by atoms with Crippen molar-refractivity contribution in [2.75, 3.05) is 13.2 Å². The van der Waals surface area contributed by atoms with E-state index in [0.717, 1.165) is 0 Å². The van der Waals surface area contributed by atoms with E-state index in [1.807, 2.05) is 27.7 Å². The highest BCUT2D eigenvalue weighted by molar-refractivity contribution is 6.33. The number of morpholine rings is 1. The van der Waals surface area contributed by atoms with Gasteiger partial charge in [-0.1, -0.05) is 23.2 Å². The number of aromatic nitrogens is 3. The van der Waals surface area contributed by atoms with Gasteiger partial charge in [0.25, 0.3) is 0 Å². The van der Waals surface area contributed by atoms with E-state index in [1.54, 1.807) is 15.5 Å². The van der Waals surface area contributed by atoms with Gasteiger partial charge in [0.15, 0.2) is 5.15 Å². The van der Waals surface area contributed by atoms with Gasteiger partial charge in [0.2, 0.25) is 0 Å². The van der Waals surface area contributed by atoms with E-state index in [2.05, 4.69) is 9.97 Å². The fraction of sp³-hybridized carbons (Fsp3) is 0.562. The number of halogens is 2. The molecule has 1 aliphatic heterocycles. The smallest absolute Gasteiger partial charge is 0.410 e. The minimum atomic E-state index is -0.562. The minimum Gasteiger partial charge on any atom is -0.444 e. The molecule has 136 valence electrons. The number of rotatable bonds is 1. The normalized spacial score (nSPS) is 21.6. The topological polar surface area (TPSA) is 69.0 Å². The molecular formula is C16H20Cl2N4O3. The average Bonchev–Trinajstić information content (AvgIpc) is 2.96. The molecule has 0 aliphatic carbocycles. The lowest BCUT2D eigenvalue weighted by atomic mass is 10.2. The lowest BCUT2D eigenvalue weighted by Crippen LogP contribution is -2.50. The molecule has 1 saturated heterocycles. The van der Waals surface area contributed by atoms with Gasteiger partial charge < -0.3 is 14.4 Å². The molecule has 0 saturated carbocycles. The molecule has 9 heteroatoms. The van der Waals surface area contributed by atoms with Crippen LogP contribution < -0.4 is 0 Å². The molecule has 0 aromatic carbocycles. The predicted molar refractivity (Wildman–Crippen MR) is 94.1 cm³/mol. The van der Waals surface area contributed by atoms with Crippen molar-refractivity contribution in [1.29, 1.82) is 0 Å². The predicted octanol–water partition coefficient (Wildman–Crippen LogP) is 3.73. The van der Waals surface area contributed by atoms with Gasteiger partial charge in [-0.2, -0.15) is 0 Å². The number of imidazole rings is 1. The molecule has 1 fully saturated rings. The fourth-order valence-electron chi connectivity index (χ4n) is 2.69. The van der Waals surface area contributed by atoms with Crippen LogP contribution in [0.4, 0.5) is 4.79 Å². The first-order valence-corrected chi connectivity index (χ1v) is 8.71. The van der Waals surface area contributed by atoms with E-state index < -0.39 is 11.7 Å². The summed E-state index contributed by atoms with van der Waals surface area (Å²) in [5.41, 5.74) is 0.0304. The Balaban J connectivity index is 1.89. The maximum atomic E-state index is 12.5. The molecule has 3 rings (SSSR count). The third-order valence-corrected chi connectivity index (χ3v) is 4.41. The van der Waals surface area contributed by atoms with Crippen LogP contribution in [0.1, 0.15) is 39.6 Å². The highest BCUT2D eigenvalue weighted by Crippen LogP contribution is 2.29.